The smallest absolute Gasteiger partial charge is 0.305 e. The zero-order valence-corrected chi connectivity index (χ0v) is 19.4. The fraction of sp³-hybridized carbons (Fsp3) is 0.958. The van der Waals surface area contributed by atoms with E-state index in [0.29, 0.717) is 6.42 Å². The first kappa shape index (κ1) is 26.8. The van der Waals surface area contributed by atoms with Crippen LogP contribution in [-0.4, -0.2) is 24.6 Å². The molecule has 0 rings (SSSR count). The third kappa shape index (κ3) is 23.8. The van der Waals surface area contributed by atoms with E-state index < -0.39 is 0 Å². The summed E-state index contributed by atoms with van der Waals surface area (Å²) in [5.41, 5.74) is 0. The molecule has 0 saturated heterocycles. The molecule has 0 aliphatic rings. The van der Waals surface area contributed by atoms with Crippen LogP contribution in [0.4, 0.5) is 0 Å². The molecule has 0 amide bonds. The van der Waals surface area contributed by atoms with Gasteiger partial charge >= 0.3 is 5.97 Å². The Kier molecular flexibility index (Phi) is 23.7. The number of ether oxygens (including phenoxy) is 1. The van der Waals surface area contributed by atoms with Gasteiger partial charge in [0.1, 0.15) is 0 Å². The average Bonchev–Trinajstić information content (AvgIpc) is 2.68. The van der Waals surface area contributed by atoms with Gasteiger partial charge in [-0.15, -0.1) is 0 Å². The highest BCUT2D eigenvalue weighted by Crippen LogP contribution is 2.15. The molecule has 0 bridgehead atoms. The van der Waals surface area contributed by atoms with Crippen LogP contribution in [0.5, 0.6) is 0 Å². The molecule has 0 fully saturated rings. The van der Waals surface area contributed by atoms with Gasteiger partial charge in [0.05, 0.1) is 7.11 Å². The van der Waals surface area contributed by atoms with Gasteiger partial charge in [-0.3, -0.25) is 4.79 Å². The molecule has 0 aliphatic heterocycles. The number of esters is 1. The first-order valence-corrected chi connectivity index (χ1v) is 13.1. The van der Waals surface area contributed by atoms with Crippen molar-refractivity contribution >= 4 is 17.7 Å². The quantitative estimate of drug-likeness (QED) is 0.135. The zero-order valence-electron chi connectivity index (χ0n) is 18.6. The lowest BCUT2D eigenvalue weighted by Gasteiger charge is -2.04. The summed E-state index contributed by atoms with van der Waals surface area (Å²) in [4.78, 5) is 11.0. The Balaban J connectivity index is 3.00. The first-order valence-electron chi connectivity index (χ1n) is 12.0. The minimum absolute atomic E-state index is 0.0645. The minimum Gasteiger partial charge on any atom is -0.469 e. The third-order valence-corrected chi connectivity index (χ3v) is 6.44. The molecule has 0 aliphatic carbocycles. The van der Waals surface area contributed by atoms with Gasteiger partial charge in [-0.2, -0.15) is 11.8 Å². The van der Waals surface area contributed by atoms with Crippen molar-refractivity contribution in [1.29, 1.82) is 0 Å². The van der Waals surface area contributed by atoms with Gasteiger partial charge in [0.2, 0.25) is 0 Å². The average molecular weight is 401 g/mol. The summed E-state index contributed by atoms with van der Waals surface area (Å²) in [6.45, 7) is 2.29. The third-order valence-electron chi connectivity index (χ3n) is 5.29. The van der Waals surface area contributed by atoms with E-state index in [9.17, 15) is 4.79 Å². The van der Waals surface area contributed by atoms with Gasteiger partial charge in [0.25, 0.3) is 0 Å². The van der Waals surface area contributed by atoms with Gasteiger partial charge in [0, 0.05) is 6.42 Å². The van der Waals surface area contributed by atoms with Crippen molar-refractivity contribution in [3.63, 3.8) is 0 Å². The molecule has 0 aromatic rings. The van der Waals surface area contributed by atoms with Crippen molar-refractivity contribution in [2.45, 2.75) is 129 Å². The molecule has 0 spiro atoms. The van der Waals surface area contributed by atoms with Crippen LogP contribution in [0.1, 0.15) is 129 Å². The van der Waals surface area contributed by atoms with E-state index in [1.165, 1.54) is 128 Å². The highest BCUT2D eigenvalue weighted by Gasteiger charge is 1.99. The van der Waals surface area contributed by atoms with Gasteiger partial charge in [-0.25, -0.2) is 0 Å². The Hall–Kier alpha value is -0.180. The molecule has 0 atom stereocenters. The second-order valence-electron chi connectivity index (χ2n) is 7.95. The van der Waals surface area contributed by atoms with Crippen LogP contribution in [0.3, 0.4) is 0 Å². The second-order valence-corrected chi connectivity index (χ2v) is 9.17. The SMILES string of the molecule is CCCCCCCCCCCCSCCCCCCCCCCC(=O)OC. The van der Waals surface area contributed by atoms with Gasteiger partial charge in [-0.1, -0.05) is 103 Å². The zero-order chi connectivity index (χ0) is 19.8. The lowest BCUT2D eigenvalue weighted by molar-refractivity contribution is -0.140. The number of carbonyl (C=O) groups is 1. The number of unbranched alkanes of at least 4 members (excludes halogenated alkanes) is 16. The van der Waals surface area contributed by atoms with Crippen LogP contribution < -0.4 is 0 Å². The lowest BCUT2D eigenvalue weighted by Crippen LogP contribution is -1.99. The highest BCUT2D eigenvalue weighted by atomic mass is 32.2. The Morgan fingerprint density at radius 1 is 0.593 bits per heavy atom. The number of methoxy groups -OCH3 is 1. The topological polar surface area (TPSA) is 26.3 Å². The standard InChI is InChI=1S/C24H48O2S/c1-3-4-5-6-7-8-10-13-16-19-22-27-23-20-17-14-11-9-12-15-18-21-24(25)26-2/h3-23H2,1-2H3. The molecule has 162 valence electrons. The van der Waals surface area contributed by atoms with Crippen LogP contribution in [0.2, 0.25) is 0 Å². The van der Waals surface area contributed by atoms with Crippen molar-refractivity contribution in [3.8, 4) is 0 Å². The van der Waals surface area contributed by atoms with Gasteiger partial charge in [0.15, 0.2) is 0 Å². The highest BCUT2D eigenvalue weighted by molar-refractivity contribution is 7.99. The van der Waals surface area contributed by atoms with Gasteiger partial charge in [-0.05, 0) is 30.8 Å². The van der Waals surface area contributed by atoms with Crippen LogP contribution in [0, 0.1) is 0 Å². The molecule has 0 radical (unpaired) electrons. The molecule has 0 unspecified atom stereocenters. The van der Waals surface area contributed by atoms with Crippen molar-refractivity contribution in [3.05, 3.63) is 0 Å². The fourth-order valence-corrected chi connectivity index (χ4v) is 4.45. The maximum atomic E-state index is 11.0. The van der Waals surface area contributed by atoms with Crippen molar-refractivity contribution in [1.82, 2.24) is 0 Å². The summed E-state index contributed by atoms with van der Waals surface area (Å²) in [5, 5.41) is 0. The largest absolute Gasteiger partial charge is 0.469 e. The van der Waals surface area contributed by atoms with Crippen molar-refractivity contribution < 1.29 is 9.53 Å². The number of carbonyl (C=O) groups excluding carboxylic acids is 1. The van der Waals surface area contributed by atoms with Crippen LogP contribution in [-0.2, 0) is 9.53 Å². The summed E-state index contributed by atoms with van der Waals surface area (Å²) < 4.78 is 4.65. The number of thioether (sulfide) groups is 1. The summed E-state index contributed by atoms with van der Waals surface area (Å²) >= 11 is 2.17. The summed E-state index contributed by atoms with van der Waals surface area (Å²) in [5.74, 6) is 2.66. The molecule has 2 nitrogen and oxygen atoms in total. The Morgan fingerprint density at radius 2 is 0.963 bits per heavy atom. The number of rotatable bonds is 22. The predicted octanol–water partition coefficient (Wildman–Crippen LogP) is 8.32. The molecule has 27 heavy (non-hydrogen) atoms. The van der Waals surface area contributed by atoms with Crippen LogP contribution >= 0.6 is 11.8 Å². The summed E-state index contributed by atoms with van der Waals surface area (Å²) in [6.07, 6.45) is 25.3. The monoisotopic (exact) mass is 400 g/mol. The van der Waals surface area contributed by atoms with E-state index in [4.69, 9.17) is 0 Å². The molecular formula is C24H48O2S. The molecule has 0 heterocycles. The second kappa shape index (κ2) is 23.9. The van der Waals surface area contributed by atoms with E-state index in [1.54, 1.807) is 0 Å². The predicted molar refractivity (Wildman–Crippen MR) is 123 cm³/mol. The van der Waals surface area contributed by atoms with Crippen molar-refractivity contribution in [2.24, 2.45) is 0 Å². The Bertz CT molecular complexity index is 294. The maximum Gasteiger partial charge on any atom is 0.305 e. The molecular weight excluding hydrogens is 352 g/mol. The molecule has 0 saturated carbocycles. The molecule has 0 aromatic heterocycles. The van der Waals surface area contributed by atoms with Crippen molar-refractivity contribution in [2.75, 3.05) is 18.6 Å². The van der Waals surface area contributed by atoms with E-state index in [-0.39, 0.29) is 5.97 Å². The summed E-state index contributed by atoms with van der Waals surface area (Å²) in [7, 11) is 1.47. The maximum absolute atomic E-state index is 11.0. The number of hydrogen-bond acceptors (Lipinski definition) is 3. The van der Waals surface area contributed by atoms with Gasteiger partial charge < -0.3 is 4.74 Å². The fourth-order valence-electron chi connectivity index (χ4n) is 3.43. The molecule has 0 N–H and O–H groups in total. The van der Waals surface area contributed by atoms with E-state index >= 15 is 0 Å². The molecule has 3 heteroatoms. The van der Waals surface area contributed by atoms with Crippen LogP contribution in [0.15, 0.2) is 0 Å². The van der Waals surface area contributed by atoms with E-state index in [1.807, 2.05) is 0 Å². The first-order chi connectivity index (χ1) is 13.3. The van der Waals surface area contributed by atoms with E-state index in [0.717, 1.165) is 6.42 Å². The summed E-state index contributed by atoms with van der Waals surface area (Å²) in [6, 6.07) is 0. The minimum atomic E-state index is -0.0645. The Labute approximate surface area is 175 Å². The molecule has 0 aromatic carbocycles. The Morgan fingerprint density at radius 3 is 1.37 bits per heavy atom. The van der Waals surface area contributed by atoms with E-state index in [2.05, 4.69) is 23.4 Å². The lowest BCUT2D eigenvalue weighted by atomic mass is 10.1. The number of hydrogen-bond donors (Lipinski definition) is 0. The van der Waals surface area contributed by atoms with Crippen LogP contribution in [0.25, 0.3) is 0 Å². The normalized spacial score (nSPS) is 11.0.